The number of carbonyl (C=O) groups excluding carboxylic acids is 1. The normalized spacial score (nSPS) is 12.1. The molecule has 1 atom stereocenters. The van der Waals surface area contributed by atoms with Crippen molar-refractivity contribution in [3.05, 3.63) is 35.9 Å². The SMILES string of the molecule is CC[C@H](NC)C(=O)NCc1ccccc1. The van der Waals surface area contributed by atoms with Gasteiger partial charge in [-0.1, -0.05) is 37.3 Å². The Bertz CT molecular complexity index is 294. The highest BCUT2D eigenvalue weighted by Gasteiger charge is 2.12. The van der Waals surface area contributed by atoms with Crippen LogP contribution in [0.2, 0.25) is 0 Å². The summed E-state index contributed by atoms with van der Waals surface area (Å²) in [5.41, 5.74) is 1.12. The molecule has 0 radical (unpaired) electrons. The molecule has 0 saturated heterocycles. The quantitative estimate of drug-likeness (QED) is 0.762. The zero-order chi connectivity index (χ0) is 11.1. The van der Waals surface area contributed by atoms with Crippen molar-refractivity contribution in [1.29, 1.82) is 0 Å². The molecule has 0 aliphatic rings. The van der Waals surface area contributed by atoms with Crippen LogP contribution in [0.15, 0.2) is 30.3 Å². The van der Waals surface area contributed by atoms with Crippen LogP contribution >= 0.6 is 0 Å². The van der Waals surface area contributed by atoms with Gasteiger partial charge in [0.2, 0.25) is 5.91 Å². The first kappa shape index (κ1) is 11.7. The lowest BCUT2D eigenvalue weighted by atomic mass is 10.2. The van der Waals surface area contributed by atoms with Gasteiger partial charge in [0.25, 0.3) is 0 Å². The van der Waals surface area contributed by atoms with E-state index in [1.807, 2.05) is 37.3 Å². The van der Waals surface area contributed by atoms with Gasteiger partial charge >= 0.3 is 0 Å². The third-order valence-electron chi connectivity index (χ3n) is 2.38. The molecule has 3 heteroatoms. The molecule has 3 nitrogen and oxygen atoms in total. The van der Waals surface area contributed by atoms with Crippen LogP contribution in [0.1, 0.15) is 18.9 Å². The number of hydrogen-bond acceptors (Lipinski definition) is 2. The highest BCUT2D eigenvalue weighted by Crippen LogP contribution is 1.98. The molecule has 1 aromatic carbocycles. The summed E-state index contributed by atoms with van der Waals surface area (Å²) >= 11 is 0. The van der Waals surface area contributed by atoms with E-state index in [1.165, 1.54) is 0 Å². The van der Waals surface area contributed by atoms with Crippen LogP contribution in [0.3, 0.4) is 0 Å². The zero-order valence-electron chi connectivity index (χ0n) is 9.29. The Hall–Kier alpha value is -1.35. The second-order valence-electron chi connectivity index (χ2n) is 3.45. The first-order chi connectivity index (χ1) is 7.27. The van der Waals surface area contributed by atoms with Crippen LogP contribution in [-0.4, -0.2) is 19.0 Å². The van der Waals surface area contributed by atoms with Crippen molar-refractivity contribution in [3.63, 3.8) is 0 Å². The average molecular weight is 206 g/mol. The van der Waals surface area contributed by atoms with Crippen molar-refractivity contribution < 1.29 is 4.79 Å². The Labute approximate surface area is 90.9 Å². The van der Waals surface area contributed by atoms with E-state index in [9.17, 15) is 4.79 Å². The van der Waals surface area contributed by atoms with Gasteiger partial charge in [0.1, 0.15) is 0 Å². The van der Waals surface area contributed by atoms with Gasteiger partial charge in [0.05, 0.1) is 6.04 Å². The number of hydrogen-bond donors (Lipinski definition) is 2. The summed E-state index contributed by atoms with van der Waals surface area (Å²) in [4.78, 5) is 11.6. The molecule has 0 spiro atoms. The van der Waals surface area contributed by atoms with Gasteiger partial charge in [-0.15, -0.1) is 0 Å². The second-order valence-corrected chi connectivity index (χ2v) is 3.45. The summed E-state index contributed by atoms with van der Waals surface area (Å²) in [5, 5.41) is 5.88. The molecule has 0 aromatic heterocycles. The highest BCUT2D eigenvalue weighted by molar-refractivity contribution is 5.81. The lowest BCUT2D eigenvalue weighted by Crippen LogP contribution is -2.41. The van der Waals surface area contributed by atoms with E-state index in [1.54, 1.807) is 7.05 Å². The predicted octanol–water partition coefficient (Wildman–Crippen LogP) is 1.30. The topological polar surface area (TPSA) is 41.1 Å². The van der Waals surface area contributed by atoms with E-state index in [4.69, 9.17) is 0 Å². The number of rotatable bonds is 5. The second kappa shape index (κ2) is 6.19. The monoisotopic (exact) mass is 206 g/mol. The van der Waals surface area contributed by atoms with Crippen LogP contribution in [0.25, 0.3) is 0 Å². The number of nitrogens with one attached hydrogen (secondary N) is 2. The van der Waals surface area contributed by atoms with Gasteiger partial charge in [-0.3, -0.25) is 4.79 Å². The van der Waals surface area contributed by atoms with Crippen molar-refractivity contribution >= 4 is 5.91 Å². The van der Waals surface area contributed by atoms with E-state index < -0.39 is 0 Å². The van der Waals surface area contributed by atoms with Crippen LogP contribution in [-0.2, 0) is 11.3 Å². The lowest BCUT2D eigenvalue weighted by molar-refractivity contribution is -0.123. The molecule has 0 bridgehead atoms. The molecule has 0 heterocycles. The first-order valence-corrected chi connectivity index (χ1v) is 5.26. The Morgan fingerprint density at radius 2 is 2.00 bits per heavy atom. The average Bonchev–Trinajstić information content (AvgIpc) is 2.29. The number of benzene rings is 1. The van der Waals surface area contributed by atoms with E-state index in [2.05, 4.69) is 10.6 Å². The summed E-state index contributed by atoms with van der Waals surface area (Å²) in [6.07, 6.45) is 0.803. The van der Waals surface area contributed by atoms with Gasteiger partial charge in [-0.05, 0) is 19.0 Å². The summed E-state index contributed by atoms with van der Waals surface area (Å²) in [6.45, 7) is 2.58. The maximum absolute atomic E-state index is 11.6. The fourth-order valence-corrected chi connectivity index (χ4v) is 1.43. The van der Waals surface area contributed by atoms with Crippen LogP contribution in [0.5, 0.6) is 0 Å². The summed E-state index contributed by atoms with van der Waals surface area (Å²) in [5.74, 6) is 0.0591. The van der Waals surface area contributed by atoms with Gasteiger partial charge in [-0.25, -0.2) is 0 Å². The number of amides is 1. The summed E-state index contributed by atoms with van der Waals surface area (Å²) in [7, 11) is 1.80. The maximum Gasteiger partial charge on any atom is 0.237 e. The largest absolute Gasteiger partial charge is 0.351 e. The molecule has 1 aromatic rings. The molecule has 2 N–H and O–H groups in total. The lowest BCUT2D eigenvalue weighted by Gasteiger charge is -2.13. The molecular weight excluding hydrogens is 188 g/mol. The Kier molecular flexibility index (Phi) is 4.84. The zero-order valence-corrected chi connectivity index (χ0v) is 9.29. The summed E-state index contributed by atoms with van der Waals surface area (Å²) < 4.78 is 0. The number of carbonyl (C=O) groups is 1. The molecule has 0 fully saturated rings. The van der Waals surface area contributed by atoms with Crippen molar-refractivity contribution in [2.24, 2.45) is 0 Å². The Balaban J connectivity index is 2.40. The van der Waals surface area contributed by atoms with Crippen LogP contribution < -0.4 is 10.6 Å². The first-order valence-electron chi connectivity index (χ1n) is 5.26. The van der Waals surface area contributed by atoms with Crippen molar-refractivity contribution in [2.75, 3.05) is 7.05 Å². The smallest absolute Gasteiger partial charge is 0.237 e. The van der Waals surface area contributed by atoms with Gasteiger partial charge in [-0.2, -0.15) is 0 Å². The summed E-state index contributed by atoms with van der Waals surface area (Å²) in [6, 6.07) is 9.82. The molecular formula is C12H18N2O. The van der Waals surface area contributed by atoms with Gasteiger partial charge < -0.3 is 10.6 Å². The molecule has 0 saturated carbocycles. The van der Waals surface area contributed by atoms with Crippen molar-refractivity contribution in [2.45, 2.75) is 25.9 Å². The van der Waals surface area contributed by atoms with E-state index in [0.717, 1.165) is 12.0 Å². The van der Waals surface area contributed by atoms with Crippen LogP contribution in [0.4, 0.5) is 0 Å². The fraction of sp³-hybridized carbons (Fsp3) is 0.417. The molecule has 0 aliphatic carbocycles. The minimum atomic E-state index is -0.0892. The molecule has 82 valence electrons. The van der Waals surface area contributed by atoms with E-state index >= 15 is 0 Å². The standard InChI is InChI=1S/C12H18N2O/c1-3-11(13-2)12(15)14-9-10-7-5-4-6-8-10/h4-8,11,13H,3,9H2,1-2H3,(H,14,15)/t11-/m0/s1. The molecule has 0 aliphatic heterocycles. The number of likely N-dealkylation sites (N-methyl/N-ethyl adjacent to an activating group) is 1. The molecule has 1 rings (SSSR count). The minimum absolute atomic E-state index is 0.0591. The van der Waals surface area contributed by atoms with Gasteiger partial charge in [0, 0.05) is 6.54 Å². The fourth-order valence-electron chi connectivity index (χ4n) is 1.43. The van der Waals surface area contributed by atoms with Crippen LogP contribution in [0, 0.1) is 0 Å². The minimum Gasteiger partial charge on any atom is -0.351 e. The third-order valence-corrected chi connectivity index (χ3v) is 2.38. The molecule has 1 amide bonds. The predicted molar refractivity (Wildman–Crippen MR) is 61.4 cm³/mol. The molecule has 15 heavy (non-hydrogen) atoms. The third kappa shape index (κ3) is 3.72. The molecule has 0 unspecified atom stereocenters. The Morgan fingerprint density at radius 3 is 2.53 bits per heavy atom. The Morgan fingerprint density at radius 1 is 1.33 bits per heavy atom. The van der Waals surface area contributed by atoms with Gasteiger partial charge in [0.15, 0.2) is 0 Å². The van der Waals surface area contributed by atoms with E-state index in [-0.39, 0.29) is 11.9 Å². The maximum atomic E-state index is 11.6. The van der Waals surface area contributed by atoms with Crippen molar-refractivity contribution in [3.8, 4) is 0 Å². The highest BCUT2D eigenvalue weighted by atomic mass is 16.2. The van der Waals surface area contributed by atoms with Crippen molar-refractivity contribution in [1.82, 2.24) is 10.6 Å². The van der Waals surface area contributed by atoms with E-state index in [0.29, 0.717) is 6.54 Å².